The fraction of sp³-hybridized carbons (Fsp3) is 0.897. The smallest absolute Gasteiger partial charge is 0.165 e. The van der Waals surface area contributed by atoms with Gasteiger partial charge in [0.1, 0.15) is 5.60 Å². The number of aliphatic hydroxyl groups excluding tert-OH is 1. The van der Waals surface area contributed by atoms with Crippen molar-refractivity contribution in [3.8, 4) is 0 Å². The molecule has 0 aromatic rings. The van der Waals surface area contributed by atoms with Gasteiger partial charge in [0.15, 0.2) is 5.78 Å². The number of hydrogen-bond acceptors (Lipinski definition) is 3. The number of hydrogen-bond donors (Lipinski definition) is 2. The van der Waals surface area contributed by atoms with Crippen molar-refractivity contribution in [2.75, 3.05) is 0 Å². The van der Waals surface area contributed by atoms with Gasteiger partial charge in [-0.2, -0.15) is 0 Å². The quantitative estimate of drug-likeness (QED) is 0.498. The average Bonchev–Trinajstić information content (AvgIpc) is 3.08. The van der Waals surface area contributed by atoms with Gasteiger partial charge in [0.25, 0.3) is 0 Å². The topological polar surface area (TPSA) is 57.5 Å². The molecular weight excluding hydrogens is 396 g/mol. The molecule has 0 aromatic heterocycles. The molecule has 3 heteroatoms. The molecule has 32 heavy (non-hydrogen) atoms. The third-order valence-electron chi connectivity index (χ3n) is 11.3. The zero-order chi connectivity index (χ0) is 23.5. The molecule has 0 aromatic carbocycles. The van der Waals surface area contributed by atoms with E-state index in [0.29, 0.717) is 53.3 Å². The van der Waals surface area contributed by atoms with E-state index in [1.165, 1.54) is 25.7 Å². The third kappa shape index (κ3) is 3.56. The van der Waals surface area contributed by atoms with E-state index < -0.39 is 11.7 Å². The number of carbonyl (C=O) groups is 1. The number of fused-ring (bicyclic) bond motifs is 5. The number of Topliss-reactive ketones (excluding diaryl/α,β-unsaturated/α-hetero) is 1. The van der Waals surface area contributed by atoms with Crippen molar-refractivity contribution in [3.05, 3.63) is 12.2 Å². The van der Waals surface area contributed by atoms with Crippen molar-refractivity contribution in [3.63, 3.8) is 0 Å². The van der Waals surface area contributed by atoms with Crippen LogP contribution in [0.5, 0.6) is 0 Å². The van der Waals surface area contributed by atoms with Gasteiger partial charge in [-0.1, -0.05) is 53.7 Å². The van der Waals surface area contributed by atoms with Gasteiger partial charge < -0.3 is 10.2 Å². The van der Waals surface area contributed by atoms with Crippen molar-refractivity contribution in [2.45, 2.75) is 111 Å². The van der Waals surface area contributed by atoms with Crippen LogP contribution in [-0.2, 0) is 4.79 Å². The molecule has 4 saturated carbocycles. The summed E-state index contributed by atoms with van der Waals surface area (Å²) in [7, 11) is 0. The lowest BCUT2D eigenvalue weighted by Crippen LogP contribution is -2.67. The summed E-state index contributed by atoms with van der Waals surface area (Å²) in [6.45, 7) is 14.0. The molecule has 0 aliphatic heterocycles. The first-order chi connectivity index (χ1) is 15.0. The molecule has 0 spiro atoms. The number of aliphatic hydroxyl groups is 2. The maximum absolute atomic E-state index is 13.4. The van der Waals surface area contributed by atoms with Gasteiger partial charge in [-0.05, 0) is 91.8 Å². The highest BCUT2D eigenvalue weighted by Crippen LogP contribution is 2.68. The fourth-order valence-electron chi connectivity index (χ4n) is 9.21. The molecule has 182 valence electrons. The molecule has 10 atom stereocenters. The number of carbonyl (C=O) groups excluding carboxylic acids is 1. The zero-order valence-corrected chi connectivity index (χ0v) is 21.4. The van der Waals surface area contributed by atoms with Crippen LogP contribution in [0.1, 0.15) is 99.3 Å². The van der Waals surface area contributed by atoms with Crippen LogP contribution in [-0.4, -0.2) is 27.7 Å². The van der Waals surface area contributed by atoms with E-state index in [-0.39, 0.29) is 17.6 Å². The number of ketones is 1. The van der Waals surface area contributed by atoms with Gasteiger partial charge in [0, 0.05) is 18.3 Å². The van der Waals surface area contributed by atoms with Crippen LogP contribution in [0.3, 0.4) is 0 Å². The van der Waals surface area contributed by atoms with Crippen LogP contribution >= 0.6 is 0 Å². The number of rotatable bonds is 5. The molecule has 3 unspecified atom stereocenters. The lowest BCUT2D eigenvalue weighted by Gasteiger charge is -2.63. The summed E-state index contributed by atoms with van der Waals surface area (Å²) in [5.74, 6) is 4.03. The summed E-state index contributed by atoms with van der Waals surface area (Å²) in [6.07, 6.45) is 12.7. The van der Waals surface area contributed by atoms with Gasteiger partial charge in [-0.15, -0.1) is 0 Å². The maximum Gasteiger partial charge on any atom is 0.165 e. The van der Waals surface area contributed by atoms with Crippen LogP contribution in [0.15, 0.2) is 12.2 Å². The predicted octanol–water partition coefficient (Wildman–Crippen LogP) is 6.17. The minimum Gasteiger partial charge on any atom is -0.393 e. The minimum atomic E-state index is -1.32. The second-order valence-corrected chi connectivity index (χ2v) is 13.0. The second kappa shape index (κ2) is 8.52. The monoisotopic (exact) mass is 444 g/mol. The van der Waals surface area contributed by atoms with Gasteiger partial charge in [-0.25, -0.2) is 0 Å². The van der Waals surface area contributed by atoms with Crippen LogP contribution in [0, 0.1) is 52.3 Å². The molecule has 4 aliphatic carbocycles. The fourth-order valence-corrected chi connectivity index (χ4v) is 9.21. The van der Waals surface area contributed by atoms with Gasteiger partial charge >= 0.3 is 0 Å². The molecule has 4 rings (SSSR count). The molecule has 4 aliphatic rings. The first-order valence-corrected chi connectivity index (χ1v) is 13.6. The Morgan fingerprint density at radius 1 is 1.03 bits per heavy atom. The molecule has 0 heterocycles. The molecule has 0 amide bonds. The Labute approximate surface area is 196 Å². The Hall–Kier alpha value is -0.670. The predicted molar refractivity (Wildman–Crippen MR) is 130 cm³/mol. The Morgan fingerprint density at radius 3 is 2.41 bits per heavy atom. The molecule has 0 saturated heterocycles. The van der Waals surface area contributed by atoms with Crippen molar-refractivity contribution >= 4 is 5.78 Å². The van der Waals surface area contributed by atoms with Crippen LogP contribution in [0.4, 0.5) is 0 Å². The first-order valence-electron chi connectivity index (χ1n) is 13.6. The summed E-state index contributed by atoms with van der Waals surface area (Å²) in [5, 5.41) is 21.8. The van der Waals surface area contributed by atoms with Crippen molar-refractivity contribution in [1.82, 2.24) is 0 Å². The standard InChI is InChI=1S/C29H48O3/c1-7-20(18(2)3)9-8-19(4)23-10-11-24-22-16-26(31)29(32)17-21(30)12-15-28(29,6)25(22)13-14-27(23,24)5/h8-9,18-25,30,32H,7,10-17H2,1-6H3/b9-8+/t19-,20+,21+,22?,23-,24?,25?,27-,28-,29+/m1/s1. The highest BCUT2D eigenvalue weighted by molar-refractivity contribution is 5.89. The Balaban J connectivity index is 1.56. The van der Waals surface area contributed by atoms with Gasteiger partial charge in [0.05, 0.1) is 6.10 Å². The Bertz CT molecular complexity index is 743. The molecule has 4 fully saturated rings. The van der Waals surface area contributed by atoms with E-state index in [9.17, 15) is 15.0 Å². The Kier molecular flexibility index (Phi) is 6.51. The van der Waals surface area contributed by atoms with E-state index >= 15 is 0 Å². The lowest BCUT2D eigenvalue weighted by atomic mass is 9.42. The normalized spacial score (nSPS) is 48.4. The van der Waals surface area contributed by atoms with E-state index in [4.69, 9.17) is 0 Å². The summed E-state index contributed by atoms with van der Waals surface area (Å²) in [5.41, 5.74) is -1.40. The largest absolute Gasteiger partial charge is 0.393 e. The Morgan fingerprint density at radius 2 is 1.75 bits per heavy atom. The van der Waals surface area contributed by atoms with Crippen molar-refractivity contribution < 1.29 is 15.0 Å². The minimum absolute atomic E-state index is 0.0170. The second-order valence-electron chi connectivity index (χ2n) is 13.0. The summed E-state index contributed by atoms with van der Waals surface area (Å²) < 4.78 is 0. The molecule has 3 nitrogen and oxygen atoms in total. The van der Waals surface area contributed by atoms with E-state index in [1.54, 1.807) is 0 Å². The lowest BCUT2D eigenvalue weighted by molar-refractivity contribution is -0.213. The van der Waals surface area contributed by atoms with E-state index in [1.807, 2.05) is 0 Å². The number of allylic oxidation sites excluding steroid dienone is 2. The maximum atomic E-state index is 13.4. The summed E-state index contributed by atoms with van der Waals surface area (Å²) in [4.78, 5) is 13.4. The summed E-state index contributed by atoms with van der Waals surface area (Å²) in [6, 6.07) is 0. The summed E-state index contributed by atoms with van der Waals surface area (Å²) >= 11 is 0. The SMILES string of the molecule is CC[C@@H](/C=C/[C@@H](C)[C@H]1CCC2C3CC(=O)[C@@]4(O)C[C@@H](O)CC[C@]4(C)C3CC[C@@]21C)C(C)C. The van der Waals surface area contributed by atoms with Crippen molar-refractivity contribution in [1.29, 1.82) is 0 Å². The van der Waals surface area contributed by atoms with E-state index in [2.05, 4.69) is 53.7 Å². The first kappa shape index (κ1) is 24.5. The van der Waals surface area contributed by atoms with Crippen molar-refractivity contribution in [2.24, 2.45) is 52.3 Å². The van der Waals surface area contributed by atoms with Gasteiger partial charge in [0.2, 0.25) is 0 Å². The van der Waals surface area contributed by atoms with Crippen LogP contribution in [0.2, 0.25) is 0 Å². The average molecular weight is 445 g/mol. The molecule has 0 radical (unpaired) electrons. The zero-order valence-electron chi connectivity index (χ0n) is 21.4. The molecule has 2 N–H and O–H groups in total. The van der Waals surface area contributed by atoms with E-state index in [0.717, 1.165) is 19.3 Å². The molecular formula is C29H48O3. The van der Waals surface area contributed by atoms with Crippen LogP contribution < -0.4 is 0 Å². The highest BCUT2D eigenvalue weighted by atomic mass is 16.3. The van der Waals surface area contributed by atoms with Crippen LogP contribution in [0.25, 0.3) is 0 Å². The third-order valence-corrected chi connectivity index (χ3v) is 11.3. The highest BCUT2D eigenvalue weighted by Gasteiger charge is 2.67. The molecule has 0 bridgehead atoms. The van der Waals surface area contributed by atoms with Gasteiger partial charge in [-0.3, -0.25) is 4.79 Å².